The Morgan fingerprint density at radius 2 is 1.07 bits per heavy atom. The summed E-state index contributed by atoms with van der Waals surface area (Å²) in [5, 5.41) is 23.6. The van der Waals surface area contributed by atoms with Crippen LogP contribution in [0.3, 0.4) is 0 Å². The normalized spacial score (nSPS) is 14.2. The van der Waals surface area contributed by atoms with Gasteiger partial charge >= 0.3 is 5.97 Å². The summed E-state index contributed by atoms with van der Waals surface area (Å²) >= 11 is 0. The van der Waals surface area contributed by atoms with Gasteiger partial charge in [-0.2, -0.15) is 0 Å². The van der Waals surface area contributed by atoms with Gasteiger partial charge in [0, 0.05) is 6.42 Å². The number of hydrogen-bond acceptors (Lipinski definition) is 5. The van der Waals surface area contributed by atoms with Crippen LogP contribution in [0.1, 0.15) is 194 Å². The summed E-state index contributed by atoms with van der Waals surface area (Å²) in [7, 11) is 0. The maximum absolute atomic E-state index is 13.1. The summed E-state index contributed by atoms with van der Waals surface area (Å²) < 4.78 is 5.85. The van der Waals surface area contributed by atoms with Gasteiger partial charge in [0.15, 0.2) is 0 Å². The first-order chi connectivity index (χ1) is 27.5. The molecule has 56 heavy (non-hydrogen) atoms. The Hall–Kier alpha value is -2.96. The Kier molecular flexibility index (Phi) is 40.9. The fourth-order valence-electron chi connectivity index (χ4n) is 6.40. The second-order valence-electron chi connectivity index (χ2n) is 15.1. The molecule has 0 spiro atoms. The Morgan fingerprint density at radius 1 is 0.554 bits per heavy atom. The number of ether oxygens (including phenoxy) is 1. The van der Waals surface area contributed by atoms with Gasteiger partial charge in [-0.05, 0) is 70.6 Å². The zero-order valence-electron chi connectivity index (χ0n) is 36.2. The molecule has 1 amide bonds. The predicted octanol–water partition coefficient (Wildman–Crippen LogP) is 13.2. The van der Waals surface area contributed by atoms with E-state index in [1.165, 1.54) is 57.8 Å². The van der Waals surface area contributed by atoms with Crippen molar-refractivity contribution in [2.24, 2.45) is 0 Å². The van der Waals surface area contributed by atoms with Crippen molar-refractivity contribution in [2.45, 2.75) is 212 Å². The minimum atomic E-state index is -0.811. The topological polar surface area (TPSA) is 95.9 Å². The number of rotatable bonds is 39. The number of aliphatic hydroxyl groups excluding tert-OH is 2. The van der Waals surface area contributed by atoms with Crippen LogP contribution in [-0.2, 0) is 14.3 Å². The number of carbonyl (C=O) groups is 2. The molecule has 0 aliphatic carbocycles. The first-order valence-corrected chi connectivity index (χ1v) is 22.9. The van der Waals surface area contributed by atoms with Crippen LogP contribution < -0.4 is 5.32 Å². The molecule has 0 aromatic rings. The van der Waals surface area contributed by atoms with Gasteiger partial charge in [-0.3, -0.25) is 9.59 Å². The van der Waals surface area contributed by atoms with Crippen molar-refractivity contribution in [3.8, 4) is 0 Å². The van der Waals surface area contributed by atoms with Crippen LogP contribution in [0.4, 0.5) is 0 Å². The number of amides is 1. The number of carbonyl (C=O) groups excluding carboxylic acids is 2. The van der Waals surface area contributed by atoms with Crippen molar-refractivity contribution < 1.29 is 24.5 Å². The molecular formula is C50H85NO5. The highest BCUT2D eigenvalue weighted by atomic mass is 16.5. The lowest BCUT2D eigenvalue weighted by Crippen LogP contribution is -2.46. The molecule has 0 aliphatic rings. The molecule has 3 N–H and O–H groups in total. The molecule has 0 bridgehead atoms. The van der Waals surface area contributed by atoms with Crippen LogP contribution >= 0.6 is 0 Å². The molecule has 0 aromatic carbocycles. The van der Waals surface area contributed by atoms with Gasteiger partial charge < -0.3 is 20.3 Å². The summed E-state index contributed by atoms with van der Waals surface area (Å²) in [5.74, 6) is -0.578. The lowest BCUT2D eigenvalue weighted by molar-refractivity contribution is -0.151. The second kappa shape index (κ2) is 43.2. The zero-order valence-corrected chi connectivity index (χ0v) is 36.2. The van der Waals surface area contributed by atoms with Crippen molar-refractivity contribution in [1.82, 2.24) is 5.32 Å². The van der Waals surface area contributed by atoms with E-state index in [0.29, 0.717) is 19.3 Å². The summed E-state index contributed by atoms with van der Waals surface area (Å²) in [6.07, 6.45) is 55.1. The van der Waals surface area contributed by atoms with Crippen LogP contribution in [0.15, 0.2) is 85.1 Å². The van der Waals surface area contributed by atoms with Crippen LogP contribution in [0, 0.1) is 0 Å². The van der Waals surface area contributed by atoms with Crippen molar-refractivity contribution in [3.63, 3.8) is 0 Å². The molecule has 0 aromatic heterocycles. The first-order valence-electron chi connectivity index (χ1n) is 22.9. The van der Waals surface area contributed by atoms with Crippen molar-refractivity contribution in [1.29, 1.82) is 0 Å². The summed E-state index contributed by atoms with van der Waals surface area (Å²) in [4.78, 5) is 26.0. The van der Waals surface area contributed by atoms with Crippen LogP contribution in [0.25, 0.3) is 0 Å². The Morgan fingerprint density at radius 3 is 1.70 bits per heavy atom. The Balaban J connectivity index is 4.71. The maximum Gasteiger partial charge on any atom is 0.306 e. The number of allylic oxidation sites excluding steroid dienone is 14. The molecule has 0 fully saturated rings. The number of esters is 1. The Labute approximate surface area is 344 Å². The highest BCUT2D eigenvalue weighted by molar-refractivity contribution is 5.77. The van der Waals surface area contributed by atoms with Gasteiger partial charge in [0.1, 0.15) is 6.10 Å². The fraction of sp³-hybridized carbons (Fsp3) is 0.680. The average molecular weight is 780 g/mol. The fourth-order valence-corrected chi connectivity index (χ4v) is 6.40. The van der Waals surface area contributed by atoms with E-state index in [9.17, 15) is 19.8 Å². The second-order valence-corrected chi connectivity index (χ2v) is 15.1. The highest BCUT2D eigenvalue weighted by Gasteiger charge is 2.24. The first kappa shape index (κ1) is 53.0. The smallest absolute Gasteiger partial charge is 0.306 e. The molecule has 0 saturated carbocycles. The van der Waals surface area contributed by atoms with Crippen LogP contribution in [-0.4, -0.2) is 46.9 Å². The third-order valence-electron chi connectivity index (χ3n) is 9.81. The summed E-state index contributed by atoms with van der Waals surface area (Å²) in [6, 6.07) is -0.730. The Bertz CT molecular complexity index is 1100. The van der Waals surface area contributed by atoms with Gasteiger partial charge in [0.05, 0.1) is 25.2 Å². The largest absolute Gasteiger partial charge is 0.462 e. The zero-order chi connectivity index (χ0) is 41.0. The third-order valence-corrected chi connectivity index (χ3v) is 9.81. The minimum Gasteiger partial charge on any atom is -0.462 e. The van der Waals surface area contributed by atoms with E-state index in [-0.39, 0.29) is 24.9 Å². The van der Waals surface area contributed by atoms with E-state index < -0.39 is 18.2 Å². The van der Waals surface area contributed by atoms with Gasteiger partial charge in [-0.1, -0.05) is 196 Å². The molecule has 0 radical (unpaired) electrons. The number of nitrogens with one attached hydrogen (secondary N) is 1. The monoisotopic (exact) mass is 780 g/mol. The van der Waals surface area contributed by atoms with Crippen molar-refractivity contribution in [3.05, 3.63) is 85.1 Å². The van der Waals surface area contributed by atoms with E-state index >= 15 is 0 Å². The standard InChI is InChI=1S/C50H85NO5/c1-4-7-10-13-16-19-22-24-25-28-31-34-37-40-43-50(55)56-46(41-38-35-32-29-26-21-18-15-12-9-6-3)44-49(54)51-47(45-52)48(53)42-39-36-33-30-27-23-20-17-14-11-8-5-2/h7,9-10,12,15-16,18-19,21,24-26,29,32,46-48,52-53H,4-6,8,11,13-14,17,20,22-23,27-28,30-31,33-45H2,1-3H3,(H,51,54)/b10-7+,12-9+,18-15+,19-16+,25-24+,26-21-,32-29-. The molecule has 0 aliphatic heterocycles. The van der Waals surface area contributed by atoms with Crippen molar-refractivity contribution in [2.75, 3.05) is 6.61 Å². The highest BCUT2D eigenvalue weighted by Crippen LogP contribution is 2.16. The predicted molar refractivity (Wildman–Crippen MR) is 241 cm³/mol. The average Bonchev–Trinajstić information content (AvgIpc) is 3.19. The lowest BCUT2D eigenvalue weighted by atomic mass is 10.0. The van der Waals surface area contributed by atoms with Gasteiger partial charge in [-0.25, -0.2) is 0 Å². The third kappa shape index (κ3) is 37.9. The van der Waals surface area contributed by atoms with Gasteiger partial charge in [0.2, 0.25) is 5.91 Å². The molecular weight excluding hydrogens is 695 g/mol. The molecule has 3 atom stereocenters. The molecule has 0 rings (SSSR count). The van der Waals surface area contributed by atoms with Crippen LogP contribution in [0.2, 0.25) is 0 Å². The van der Waals surface area contributed by atoms with E-state index in [1.807, 2.05) is 36.5 Å². The number of hydrogen-bond donors (Lipinski definition) is 3. The van der Waals surface area contributed by atoms with E-state index in [0.717, 1.165) is 89.9 Å². The molecule has 0 heterocycles. The molecule has 3 unspecified atom stereocenters. The minimum absolute atomic E-state index is 0.0181. The molecule has 6 nitrogen and oxygen atoms in total. The van der Waals surface area contributed by atoms with E-state index in [2.05, 4.69) is 74.7 Å². The van der Waals surface area contributed by atoms with Crippen molar-refractivity contribution >= 4 is 11.9 Å². The summed E-state index contributed by atoms with van der Waals surface area (Å²) in [5.41, 5.74) is 0. The molecule has 320 valence electrons. The lowest BCUT2D eigenvalue weighted by Gasteiger charge is -2.24. The maximum atomic E-state index is 13.1. The van der Waals surface area contributed by atoms with E-state index in [1.54, 1.807) is 0 Å². The number of unbranched alkanes of at least 4 members (excludes halogenated alkanes) is 16. The SMILES string of the molecule is CC/C=C/C=C/C=C\C=C/CCCC(CC(=O)NC(CO)C(O)CCCCCCCCCCCCCC)OC(=O)CCCCCC/C=C/C/C=C/C/C=C/CC. The molecule has 0 saturated heterocycles. The van der Waals surface area contributed by atoms with Crippen LogP contribution in [0.5, 0.6) is 0 Å². The van der Waals surface area contributed by atoms with Gasteiger partial charge in [-0.15, -0.1) is 0 Å². The number of aliphatic hydroxyl groups is 2. The summed E-state index contributed by atoms with van der Waals surface area (Å²) in [6.45, 7) is 6.17. The van der Waals surface area contributed by atoms with E-state index in [4.69, 9.17) is 4.74 Å². The molecule has 6 heteroatoms. The van der Waals surface area contributed by atoms with Gasteiger partial charge in [0.25, 0.3) is 0 Å². The quantitative estimate of drug-likeness (QED) is 0.0250.